The molecule has 0 aliphatic heterocycles. The van der Waals surface area contributed by atoms with Gasteiger partial charge < -0.3 is 30.4 Å². The first kappa shape index (κ1) is 35.8. The van der Waals surface area contributed by atoms with Gasteiger partial charge in [-0.2, -0.15) is 0 Å². The molecule has 0 aliphatic rings. The largest absolute Gasteiger partial charge is 2.00 e. The molecule has 0 heterocycles. The molecule has 0 bridgehead atoms. The van der Waals surface area contributed by atoms with Crippen molar-refractivity contribution in [2.45, 2.75) is 26.7 Å². The first-order valence-corrected chi connectivity index (χ1v) is 13.5. The summed E-state index contributed by atoms with van der Waals surface area (Å²) in [6.07, 6.45) is 0.159. The summed E-state index contributed by atoms with van der Waals surface area (Å²) in [5, 5.41) is 27.5. The quantitative estimate of drug-likeness (QED) is 0.192. The summed E-state index contributed by atoms with van der Waals surface area (Å²) in [5.41, 5.74) is 3.02. The van der Waals surface area contributed by atoms with E-state index in [2.05, 4.69) is 20.6 Å². The van der Waals surface area contributed by atoms with Crippen LogP contribution in [0.5, 0.6) is 0 Å². The van der Waals surface area contributed by atoms with E-state index in [1.165, 1.54) is 12.1 Å². The molecule has 0 saturated heterocycles. The molecule has 4 aromatic carbocycles. The number of nitrogens with one attached hydrogen (secondary N) is 2. The number of aromatic carboxylic acids is 2. The van der Waals surface area contributed by atoms with Gasteiger partial charge in [-0.3, -0.25) is 19.6 Å². The molecule has 2 N–H and O–H groups in total. The monoisotopic (exact) mass is 648 g/mol. The number of amides is 2. The Kier molecular flexibility index (Phi) is 14.6. The van der Waals surface area contributed by atoms with Crippen molar-refractivity contribution in [3.8, 4) is 0 Å². The Balaban J connectivity index is 0.000000307. The van der Waals surface area contributed by atoms with Gasteiger partial charge in [-0.25, -0.2) is 0 Å². The van der Waals surface area contributed by atoms with Crippen molar-refractivity contribution in [3.63, 3.8) is 0 Å². The molecule has 4 aromatic rings. The molecule has 0 radical (unpaired) electrons. The van der Waals surface area contributed by atoms with Crippen molar-refractivity contribution in [2.24, 2.45) is 9.98 Å². The van der Waals surface area contributed by atoms with E-state index >= 15 is 0 Å². The topological polar surface area (TPSA) is 163 Å². The number of carboxylic acid groups (broad SMARTS) is 2. The van der Waals surface area contributed by atoms with Crippen LogP contribution in [0.3, 0.4) is 0 Å². The van der Waals surface area contributed by atoms with Crippen molar-refractivity contribution in [1.82, 2.24) is 0 Å². The van der Waals surface area contributed by atoms with E-state index in [9.17, 15) is 29.4 Å². The Morgan fingerprint density at radius 1 is 0.533 bits per heavy atom. The number of carboxylic acids is 2. The minimum Gasteiger partial charge on any atom is -0.545 e. The van der Waals surface area contributed by atoms with E-state index in [0.29, 0.717) is 22.8 Å². The van der Waals surface area contributed by atoms with Gasteiger partial charge in [0.2, 0.25) is 11.8 Å². The van der Waals surface area contributed by atoms with Gasteiger partial charge in [-0.1, -0.05) is 72.8 Å². The maximum atomic E-state index is 11.9. The van der Waals surface area contributed by atoms with Crippen LogP contribution in [0.25, 0.3) is 0 Å². The molecule has 0 atom stereocenters. The number of benzene rings is 4. The number of nitrogens with zero attached hydrogens (tertiary/aromatic N) is 2. The van der Waals surface area contributed by atoms with Gasteiger partial charge in [-0.15, -0.1) is 0 Å². The fraction of sp³-hybridized carbons (Fsp3) is 0.118. The van der Waals surface area contributed by atoms with E-state index < -0.39 is 11.9 Å². The van der Waals surface area contributed by atoms with E-state index in [1.54, 1.807) is 74.5 Å². The van der Waals surface area contributed by atoms with Crippen molar-refractivity contribution >= 4 is 57.9 Å². The molecule has 11 heteroatoms. The average molecular weight is 649 g/mol. The van der Waals surface area contributed by atoms with Crippen LogP contribution in [0.15, 0.2) is 119 Å². The van der Waals surface area contributed by atoms with Crippen LogP contribution in [0.2, 0.25) is 0 Å². The van der Waals surface area contributed by atoms with Crippen molar-refractivity contribution in [3.05, 3.63) is 120 Å². The predicted molar refractivity (Wildman–Crippen MR) is 166 cm³/mol. The Bertz CT molecular complexity index is 1550. The number of carbonyl (C=O) groups excluding carboxylic acids is 4. The van der Waals surface area contributed by atoms with Crippen molar-refractivity contribution in [1.29, 1.82) is 0 Å². The second kappa shape index (κ2) is 18.3. The summed E-state index contributed by atoms with van der Waals surface area (Å²) in [4.78, 5) is 54.2. The number of para-hydroxylation sites is 4. The molecule has 0 spiro atoms. The van der Waals surface area contributed by atoms with Gasteiger partial charge in [-0.05, 0) is 50.2 Å². The zero-order valence-corrected chi connectivity index (χ0v) is 25.5. The summed E-state index contributed by atoms with van der Waals surface area (Å²) in [5.74, 6) is -3.00. The molecule has 0 aromatic heterocycles. The van der Waals surface area contributed by atoms with E-state index in [4.69, 9.17) is 0 Å². The number of carbonyl (C=O) groups is 4. The number of anilines is 2. The Labute approximate surface area is 270 Å². The fourth-order valence-electron chi connectivity index (χ4n) is 3.90. The fourth-order valence-corrected chi connectivity index (χ4v) is 3.90. The first-order valence-electron chi connectivity index (χ1n) is 13.5. The summed E-state index contributed by atoms with van der Waals surface area (Å²) in [7, 11) is 0. The molecule has 0 aliphatic carbocycles. The zero-order chi connectivity index (χ0) is 31.9. The van der Waals surface area contributed by atoms with Crippen LogP contribution >= 0.6 is 0 Å². The van der Waals surface area contributed by atoms with Crippen molar-refractivity contribution < 1.29 is 45.9 Å². The van der Waals surface area contributed by atoms with Crippen LogP contribution in [0, 0.1) is 0 Å². The van der Waals surface area contributed by atoms with Crippen LogP contribution in [-0.4, -0.2) is 35.2 Å². The van der Waals surface area contributed by atoms with Crippen molar-refractivity contribution in [2.75, 3.05) is 10.6 Å². The van der Waals surface area contributed by atoms with Crippen LogP contribution in [0.1, 0.15) is 47.4 Å². The molecule has 2 amide bonds. The predicted octanol–water partition coefficient (Wildman–Crippen LogP) is 4.34. The Morgan fingerprint density at radius 3 is 1.18 bits per heavy atom. The second-order valence-corrected chi connectivity index (χ2v) is 9.49. The minimum atomic E-state index is -1.29. The molecule has 0 fully saturated rings. The maximum Gasteiger partial charge on any atom is 2.00 e. The number of rotatable bonds is 10. The van der Waals surface area contributed by atoms with Gasteiger partial charge in [0, 0.05) is 33.9 Å². The van der Waals surface area contributed by atoms with Crippen LogP contribution < -0.4 is 20.8 Å². The zero-order valence-electron chi connectivity index (χ0n) is 24.5. The molecule has 4 rings (SSSR count). The van der Waals surface area contributed by atoms with Gasteiger partial charge in [0.25, 0.3) is 0 Å². The van der Waals surface area contributed by atoms with Gasteiger partial charge in [0.1, 0.15) is 0 Å². The SMILES string of the molecule is CC(CC(=O)Nc1ccccc1)=Nc1ccccc1C(=O)[O-].CC(CC(=O)Nc1ccccc1)=Nc1ccccc1C(=O)[O-].[Ni+2]. The molecule has 0 unspecified atom stereocenters. The van der Waals surface area contributed by atoms with Gasteiger partial charge in [0.05, 0.1) is 36.2 Å². The standard InChI is InChI=1S/2C17H16N2O3.Ni/c2*1-12(11-16(20)19-13-7-3-2-4-8-13)18-15-10-6-5-9-14(15)17(21)22;/h2*2-10H,11H2,1H3,(H,19,20)(H,21,22);/q;;+2/p-2. The Morgan fingerprint density at radius 2 is 0.844 bits per heavy atom. The maximum absolute atomic E-state index is 11.9. The first-order chi connectivity index (χ1) is 21.1. The number of hydrogen-bond acceptors (Lipinski definition) is 8. The summed E-state index contributed by atoms with van der Waals surface area (Å²) < 4.78 is 0. The number of aliphatic imine (C=N–C) groups is 2. The van der Waals surface area contributed by atoms with E-state index in [1.807, 2.05) is 36.4 Å². The third-order valence-electron chi connectivity index (χ3n) is 5.82. The normalized spacial score (nSPS) is 10.8. The van der Waals surface area contributed by atoms with Gasteiger partial charge in [0.15, 0.2) is 0 Å². The molecule has 0 saturated carbocycles. The van der Waals surface area contributed by atoms with E-state index in [-0.39, 0.29) is 63.6 Å². The van der Waals surface area contributed by atoms with Crippen LogP contribution in [0.4, 0.5) is 22.7 Å². The third-order valence-corrected chi connectivity index (χ3v) is 5.82. The average Bonchev–Trinajstić information content (AvgIpc) is 2.98. The van der Waals surface area contributed by atoms with Gasteiger partial charge >= 0.3 is 16.5 Å². The molecular weight excluding hydrogens is 619 g/mol. The van der Waals surface area contributed by atoms with E-state index in [0.717, 1.165) is 0 Å². The smallest absolute Gasteiger partial charge is 0.545 e. The molecule has 232 valence electrons. The summed E-state index contributed by atoms with van der Waals surface area (Å²) in [6, 6.07) is 30.7. The number of hydrogen-bond donors (Lipinski definition) is 2. The third kappa shape index (κ3) is 12.4. The minimum absolute atomic E-state index is 0. The Hall–Kier alpha value is -5.41. The second-order valence-electron chi connectivity index (χ2n) is 9.49. The molecular formula is C34H30N4NiO6. The molecule has 10 nitrogen and oxygen atoms in total. The van der Waals surface area contributed by atoms with Crippen LogP contribution in [-0.2, 0) is 26.1 Å². The molecule has 45 heavy (non-hydrogen) atoms. The summed E-state index contributed by atoms with van der Waals surface area (Å²) in [6.45, 7) is 3.35. The summed E-state index contributed by atoms with van der Waals surface area (Å²) >= 11 is 0.